The van der Waals surface area contributed by atoms with Crippen molar-refractivity contribution >= 4 is 40.9 Å². The lowest BCUT2D eigenvalue weighted by Gasteiger charge is -2.24. The largest absolute Gasteiger partial charge is 0.368 e. The van der Waals surface area contributed by atoms with E-state index < -0.39 is 5.41 Å². The minimum atomic E-state index is -0.479. The van der Waals surface area contributed by atoms with Crippen LogP contribution in [0.15, 0.2) is 34.3 Å². The van der Waals surface area contributed by atoms with E-state index in [1.54, 1.807) is 24.3 Å². The molecule has 1 rings (SSSR count). The molecule has 0 fully saturated rings. The van der Waals surface area contributed by atoms with E-state index in [0.717, 1.165) is 25.7 Å². The lowest BCUT2D eigenvalue weighted by atomic mass is 9.88. The van der Waals surface area contributed by atoms with Gasteiger partial charge < -0.3 is 11.5 Å². The summed E-state index contributed by atoms with van der Waals surface area (Å²) in [4.78, 5) is 33.0. The Balaban J connectivity index is 2.81. The van der Waals surface area contributed by atoms with Crippen LogP contribution in [0.25, 0.3) is 0 Å². The molecule has 0 saturated heterocycles. The van der Waals surface area contributed by atoms with Crippen LogP contribution in [0.5, 0.6) is 0 Å². The number of nitrogens with zero attached hydrogens (tertiary/aromatic N) is 3. The van der Waals surface area contributed by atoms with E-state index in [1.165, 1.54) is 5.01 Å². The van der Waals surface area contributed by atoms with Gasteiger partial charge in [-0.25, -0.2) is 4.99 Å². The van der Waals surface area contributed by atoms with Crippen molar-refractivity contribution in [2.45, 2.75) is 66.2 Å². The van der Waals surface area contributed by atoms with Gasteiger partial charge >= 0.3 is 0 Å². The second-order valence-corrected chi connectivity index (χ2v) is 8.77. The van der Waals surface area contributed by atoms with Crippen LogP contribution in [-0.4, -0.2) is 35.2 Å². The van der Waals surface area contributed by atoms with E-state index in [2.05, 4.69) is 22.3 Å². The van der Waals surface area contributed by atoms with Gasteiger partial charge in [0.25, 0.3) is 0 Å². The zero-order chi connectivity index (χ0) is 23.4. The van der Waals surface area contributed by atoms with Crippen molar-refractivity contribution in [1.29, 1.82) is 0 Å². The Labute approximate surface area is 190 Å². The molecule has 0 aromatic heterocycles. The van der Waals surface area contributed by atoms with Gasteiger partial charge in [-0.05, 0) is 30.7 Å². The van der Waals surface area contributed by atoms with Gasteiger partial charge in [0.2, 0.25) is 17.8 Å². The molecular formula is C22H35ClN6O2. The second kappa shape index (κ2) is 12.9. The normalized spacial score (nSPS) is 12.5. The topological polar surface area (TPSA) is 126 Å². The number of halogens is 1. The van der Waals surface area contributed by atoms with Crippen molar-refractivity contribution in [2.75, 3.05) is 6.54 Å². The van der Waals surface area contributed by atoms with E-state index in [9.17, 15) is 9.59 Å². The number of nitrogens with one attached hydrogen (secondary N) is 1. The minimum absolute atomic E-state index is 0.0350. The number of nitrogens with two attached hydrogens (primary N) is 2. The van der Waals surface area contributed by atoms with Gasteiger partial charge in [-0.15, -0.1) is 0 Å². The molecule has 1 aromatic rings. The Bertz CT molecular complexity index is 784. The van der Waals surface area contributed by atoms with Gasteiger partial charge in [-0.2, -0.15) is 4.99 Å². The number of unbranched alkanes of at least 4 members (excludes halogenated alkanes) is 3. The molecule has 0 radical (unpaired) electrons. The van der Waals surface area contributed by atoms with Crippen LogP contribution in [-0.2, 0) is 9.59 Å². The Kier molecular flexibility index (Phi) is 11.0. The number of guanidine groups is 2. The number of hydrogen-bond acceptors (Lipinski definition) is 3. The van der Waals surface area contributed by atoms with Crippen LogP contribution in [0.1, 0.15) is 66.2 Å². The quantitative estimate of drug-likeness (QED) is 0.227. The zero-order valence-corrected chi connectivity index (χ0v) is 19.7. The lowest BCUT2D eigenvalue weighted by Crippen LogP contribution is -2.50. The number of hydrazine groups is 1. The first-order valence-corrected chi connectivity index (χ1v) is 10.9. The number of Topliss-reactive ketones (excluding diaryl/α,β-unsaturated/α-hetero) is 1. The average molecular weight is 451 g/mol. The molecular weight excluding hydrogens is 416 g/mol. The highest BCUT2D eigenvalue weighted by Gasteiger charge is 2.23. The minimum Gasteiger partial charge on any atom is -0.368 e. The van der Waals surface area contributed by atoms with E-state index in [1.807, 2.05) is 20.8 Å². The van der Waals surface area contributed by atoms with Crippen molar-refractivity contribution in [3.63, 3.8) is 0 Å². The molecule has 0 aliphatic rings. The number of carbonyl (C=O) groups is 2. The summed E-state index contributed by atoms with van der Waals surface area (Å²) in [6.07, 6.45) is 4.23. The van der Waals surface area contributed by atoms with Gasteiger partial charge in [0.1, 0.15) is 5.78 Å². The Morgan fingerprint density at radius 3 is 2.29 bits per heavy atom. The molecule has 0 heterocycles. The highest BCUT2D eigenvalue weighted by molar-refractivity contribution is 6.30. The highest BCUT2D eigenvalue weighted by Crippen LogP contribution is 2.18. The maximum Gasteiger partial charge on any atom is 0.241 e. The van der Waals surface area contributed by atoms with Crippen LogP contribution in [0.3, 0.4) is 0 Å². The van der Waals surface area contributed by atoms with Crippen LogP contribution in [0.2, 0.25) is 5.02 Å². The maximum atomic E-state index is 12.7. The van der Waals surface area contributed by atoms with Gasteiger partial charge in [0.05, 0.1) is 5.69 Å². The molecule has 0 atom stereocenters. The third kappa shape index (κ3) is 10.8. The third-order valence-electron chi connectivity index (χ3n) is 4.49. The molecule has 0 unspecified atom stereocenters. The summed E-state index contributed by atoms with van der Waals surface area (Å²) in [7, 11) is 0. The molecule has 8 nitrogen and oxygen atoms in total. The fourth-order valence-electron chi connectivity index (χ4n) is 2.63. The summed E-state index contributed by atoms with van der Waals surface area (Å²) in [6, 6.07) is 6.78. The molecule has 172 valence electrons. The Hall–Kier alpha value is -2.61. The average Bonchev–Trinajstić information content (AvgIpc) is 2.69. The first kappa shape index (κ1) is 26.4. The van der Waals surface area contributed by atoms with Crippen molar-refractivity contribution in [3.05, 3.63) is 29.3 Å². The van der Waals surface area contributed by atoms with Crippen molar-refractivity contribution in [1.82, 2.24) is 10.4 Å². The Morgan fingerprint density at radius 1 is 1.06 bits per heavy atom. The van der Waals surface area contributed by atoms with Crippen molar-refractivity contribution in [3.8, 4) is 0 Å². The van der Waals surface area contributed by atoms with Crippen molar-refractivity contribution in [2.24, 2.45) is 26.9 Å². The van der Waals surface area contributed by atoms with E-state index in [0.29, 0.717) is 17.3 Å². The standard InChI is InChI=1S/C22H35ClN6O2/c1-5-6-7-8-15-29(19(31)14-13-18(30)22(2,3)4)28-21(25)27-20(24)26-17-11-9-16(23)10-12-17/h9-12H,5-8,13-15H2,1-4H3,(H5,24,25,26,27,28). The molecule has 1 amide bonds. The molecule has 0 saturated carbocycles. The predicted octanol–water partition coefficient (Wildman–Crippen LogP) is 3.91. The molecule has 31 heavy (non-hydrogen) atoms. The van der Waals surface area contributed by atoms with E-state index in [-0.39, 0.29) is 36.5 Å². The summed E-state index contributed by atoms with van der Waals surface area (Å²) < 4.78 is 0. The van der Waals surface area contributed by atoms with Crippen LogP contribution in [0, 0.1) is 5.41 Å². The summed E-state index contributed by atoms with van der Waals surface area (Å²) in [5.74, 6) is -0.303. The molecule has 0 spiro atoms. The summed E-state index contributed by atoms with van der Waals surface area (Å²) in [5, 5.41) is 1.99. The SMILES string of the molecule is CCCCCCN(NC(N)=NC(N)=Nc1ccc(Cl)cc1)C(=O)CCC(=O)C(C)(C)C. The van der Waals surface area contributed by atoms with Gasteiger partial charge in [0.15, 0.2) is 0 Å². The molecule has 9 heteroatoms. The maximum absolute atomic E-state index is 12.7. The molecule has 5 N–H and O–H groups in total. The second-order valence-electron chi connectivity index (χ2n) is 8.33. The number of rotatable bonds is 9. The number of hydrogen-bond donors (Lipinski definition) is 3. The van der Waals surface area contributed by atoms with Crippen molar-refractivity contribution < 1.29 is 9.59 Å². The van der Waals surface area contributed by atoms with Gasteiger partial charge in [-0.3, -0.25) is 20.0 Å². The fourth-order valence-corrected chi connectivity index (χ4v) is 2.76. The van der Waals surface area contributed by atoms with Crippen LogP contribution in [0.4, 0.5) is 5.69 Å². The number of aliphatic imine (C=N–C) groups is 2. The van der Waals surface area contributed by atoms with E-state index >= 15 is 0 Å². The zero-order valence-electron chi connectivity index (χ0n) is 18.9. The predicted molar refractivity (Wildman–Crippen MR) is 127 cm³/mol. The molecule has 0 bridgehead atoms. The molecule has 1 aromatic carbocycles. The first-order valence-electron chi connectivity index (χ1n) is 10.6. The van der Waals surface area contributed by atoms with Crippen LogP contribution < -0.4 is 16.9 Å². The summed E-state index contributed by atoms with van der Waals surface area (Å²) in [5.41, 5.74) is 14.7. The Morgan fingerprint density at radius 2 is 1.71 bits per heavy atom. The third-order valence-corrected chi connectivity index (χ3v) is 4.75. The van der Waals surface area contributed by atoms with Gasteiger partial charge in [0, 0.05) is 29.8 Å². The highest BCUT2D eigenvalue weighted by atomic mass is 35.5. The summed E-state index contributed by atoms with van der Waals surface area (Å²) >= 11 is 5.86. The van der Waals surface area contributed by atoms with E-state index in [4.69, 9.17) is 23.1 Å². The molecule has 0 aliphatic heterocycles. The monoisotopic (exact) mass is 450 g/mol. The number of amides is 1. The van der Waals surface area contributed by atoms with Gasteiger partial charge in [-0.1, -0.05) is 58.6 Å². The summed E-state index contributed by atoms with van der Waals surface area (Å²) in [6.45, 7) is 8.09. The smallest absolute Gasteiger partial charge is 0.241 e. The van der Waals surface area contributed by atoms with Crippen LogP contribution >= 0.6 is 11.6 Å². The first-order chi connectivity index (χ1) is 14.5. The molecule has 0 aliphatic carbocycles. The lowest BCUT2D eigenvalue weighted by molar-refractivity contribution is -0.136. The fraction of sp³-hybridized carbons (Fsp3) is 0.545. The number of ketones is 1. The number of benzene rings is 1. The number of carbonyl (C=O) groups excluding carboxylic acids is 2.